The number of hydrogen-bond donors (Lipinski definition) is 2. The third-order valence-corrected chi connectivity index (χ3v) is 6.45. The Morgan fingerprint density at radius 2 is 1.85 bits per heavy atom. The minimum Gasteiger partial charge on any atom is -0.464 e. The quantitative estimate of drug-likeness (QED) is 0.689. The smallest absolute Gasteiger partial charge is 0.358 e. The first-order valence-electron chi connectivity index (χ1n) is 7.81. The van der Waals surface area contributed by atoms with Crippen LogP contribution in [0, 0.1) is 5.92 Å². The second-order valence-electron chi connectivity index (χ2n) is 5.76. The Balaban J connectivity index is 1.71. The molecule has 0 unspecified atom stereocenters. The Labute approximate surface area is 158 Å². The van der Waals surface area contributed by atoms with Crippen molar-refractivity contribution >= 4 is 44.8 Å². The number of aromatic nitrogens is 1. The van der Waals surface area contributed by atoms with E-state index < -0.39 is 26.1 Å². The van der Waals surface area contributed by atoms with E-state index in [9.17, 15) is 22.8 Å². The van der Waals surface area contributed by atoms with Crippen LogP contribution >= 0.6 is 11.3 Å². The molecule has 11 heteroatoms. The van der Waals surface area contributed by atoms with Gasteiger partial charge in [-0.25, -0.2) is 22.9 Å². The normalized spacial score (nSPS) is 13.7. The van der Waals surface area contributed by atoms with Gasteiger partial charge >= 0.3 is 5.97 Å². The first-order valence-corrected chi connectivity index (χ1v) is 10.2. The van der Waals surface area contributed by atoms with Crippen LogP contribution in [0.4, 0.5) is 5.69 Å². The molecule has 1 aliphatic carbocycles. The lowest BCUT2D eigenvalue weighted by molar-refractivity contribution is -0.117. The maximum atomic E-state index is 12.4. The van der Waals surface area contributed by atoms with Gasteiger partial charge in [0.2, 0.25) is 5.91 Å². The predicted molar refractivity (Wildman–Crippen MR) is 95.9 cm³/mol. The summed E-state index contributed by atoms with van der Waals surface area (Å²) in [6, 6.07) is 5.80. The maximum absolute atomic E-state index is 12.4. The molecule has 3 rings (SSSR count). The van der Waals surface area contributed by atoms with Crippen molar-refractivity contribution < 1.29 is 27.5 Å². The van der Waals surface area contributed by atoms with Crippen LogP contribution in [-0.2, 0) is 19.6 Å². The first kappa shape index (κ1) is 19.0. The third-order valence-electron chi connectivity index (χ3n) is 3.75. The average Bonchev–Trinajstić information content (AvgIpc) is 3.37. The summed E-state index contributed by atoms with van der Waals surface area (Å²) < 4.78 is 30.7. The molecule has 2 N–H and O–H groups in total. The zero-order valence-corrected chi connectivity index (χ0v) is 15.7. The summed E-state index contributed by atoms with van der Waals surface area (Å²) in [4.78, 5) is 39.2. The highest BCUT2D eigenvalue weighted by molar-refractivity contribution is 7.92. The van der Waals surface area contributed by atoms with Gasteiger partial charge in [-0.05, 0) is 37.1 Å². The molecule has 2 aromatic rings. The molecule has 9 nitrogen and oxygen atoms in total. The number of carbonyl (C=O) groups is 3. The van der Waals surface area contributed by atoms with E-state index in [-0.39, 0.29) is 23.1 Å². The summed E-state index contributed by atoms with van der Waals surface area (Å²) in [5.74, 6) is -1.82. The summed E-state index contributed by atoms with van der Waals surface area (Å²) in [7, 11) is -3.20. The molecular formula is C16H15N3O6S2. The van der Waals surface area contributed by atoms with E-state index >= 15 is 0 Å². The van der Waals surface area contributed by atoms with Crippen molar-refractivity contribution in [1.29, 1.82) is 0 Å². The standard InChI is InChI=1S/C16H15N3O6S2/c1-25-15(22)12-16(26-8-17-12)27(23,24)19-14(21)10-4-6-11(7-5-10)18-13(20)9-2-3-9/h4-9H,2-3H2,1H3,(H,18,20)(H,19,21). The van der Waals surface area contributed by atoms with E-state index in [1.807, 2.05) is 4.72 Å². The largest absolute Gasteiger partial charge is 0.464 e. The summed E-state index contributed by atoms with van der Waals surface area (Å²) in [5.41, 5.74) is 1.37. The van der Waals surface area contributed by atoms with Gasteiger partial charge < -0.3 is 10.1 Å². The number of nitrogens with one attached hydrogen (secondary N) is 2. The number of carbonyl (C=O) groups excluding carboxylic acids is 3. The number of ether oxygens (including phenoxy) is 1. The molecular weight excluding hydrogens is 394 g/mol. The van der Waals surface area contributed by atoms with Crippen molar-refractivity contribution in [3.8, 4) is 0 Å². The van der Waals surface area contributed by atoms with Crippen LogP contribution in [0.2, 0.25) is 0 Å². The molecule has 27 heavy (non-hydrogen) atoms. The molecule has 142 valence electrons. The molecule has 1 aliphatic rings. The number of sulfonamides is 1. The van der Waals surface area contributed by atoms with Gasteiger partial charge in [-0.1, -0.05) is 0 Å². The number of benzene rings is 1. The molecule has 2 amide bonds. The SMILES string of the molecule is COC(=O)c1ncsc1S(=O)(=O)NC(=O)c1ccc(NC(=O)C2CC2)cc1. The van der Waals surface area contributed by atoms with Gasteiger partial charge in [0.05, 0.1) is 12.6 Å². The van der Waals surface area contributed by atoms with Crippen molar-refractivity contribution in [2.45, 2.75) is 17.1 Å². The molecule has 0 aliphatic heterocycles. The molecule has 1 heterocycles. The lowest BCUT2D eigenvalue weighted by atomic mass is 10.2. The van der Waals surface area contributed by atoms with E-state index in [0.717, 1.165) is 20.0 Å². The Morgan fingerprint density at radius 1 is 1.19 bits per heavy atom. The zero-order valence-electron chi connectivity index (χ0n) is 14.1. The summed E-state index contributed by atoms with van der Waals surface area (Å²) in [6.45, 7) is 0. The fraction of sp³-hybridized carbons (Fsp3) is 0.250. The van der Waals surface area contributed by atoms with E-state index in [1.54, 1.807) is 0 Å². The van der Waals surface area contributed by atoms with Crippen molar-refractivity contribution in [3.05, 3.63) is 41.0 Å². The number of amides is 2. The maximum Gasteiger partial charge on any atom is 0.358 e. The van der Waals surface area contributed by atoms with Crippen LogP contribution in [0.15, 0.2) is 34.0 Å². The van der Waals surface area contributed by atoms with Crippen LogP contribution in [0.25, 0.3) is 0 Å². The highest BCUT2D eigenvalue weighted by Crippen LogP contribution is 2.30. The van der Waals surface area contributed by atoms with Crippen molar-refractivity contribution in [1.82, 2.24) is 9.71 Å². The molecule has 1 saturated carbocycles. The Bertz CT molecular complexity index is 993. The van der Waals surface area contributed by atoms with Gasteiger partial charge in [0.15, 0.2) is 9.90 Å². The molecule has 0 bridgehead atoms. The van der Waals surface area contributed by atoms with Gasteiger partial charge in [-0.15, -0.1) is 11.3 Å². The molecule has 1 aromatic heterocycles. The molecule has 1 fully saturated rings. The fourth-order valence-electron chi connectivity index (χ4n) is 2.18. The van der Waals surface area contributed by atoms with Gasteiger partial charge in [0.25, 0.3) is 15.9 Å². The molecule has 0 radical (unpaired) electrons. The highest BCUT2D eigenvalue weighted by atomic mass is 32.2. The van der Waals surface area contributed by atoms with Gasteiger partial charge in [-0.2, -0.15) is 0 Å². The lowest BCUT2D eigenvalue weighted by Crippen LogP contribution is -2.31. The minimum atomic E-state index is -4.30. The first-order chi connectivity index (χ1) is 12.8. The topological polar surface area (TPSA) is 132 Å². The number of methoxy groups -OCH3 is 1. The molecule has 0 spiro atoms. The highest BCUT2D eigenvalue weighted by Gasteiger charge is 2.30. The van der Waals surface area contributed by atoms with Crippen molar-refractivity contribution in [2.24, 2.45) is 5.92 Å². The van der Waals surface area contributed by atoms with Crippen LogP contribution in [-0.4, -0.2) is 38.3 Å². The van der Waals surface area contributed by atoms with Crippen molar-refractivity contribution in [3.63, 3.8) is 0 Å². The van der Waals surface area contributed by atoms with E-state index in [0.29, 0.717) is 17.0 Å². The fourth-order valence-corrected chi connectivity index (χ4v) is 4.29. The molecule has 1 aromatic carbocycles. The second kappa shape index (κ2) is 7.45. The van der Waals surface area contributed by atoms with E-state index in [2.05, 4.69) is 15.0 Å². The second-order valence-corrected chi connectivity index (χ2v) is 8.49. The number of nitrogens with zero attached hydrogens (tertiary/aromatic N) is 1. The van der Waals surface area contributed by atoms with Crippen LogP contribution in [0.3, 0.4) is 0 Å². The average molecular weight is 409 g/mol. The minimum absolute atomic E-state index is 0.0431. The van der Waals surface area contributed by atoms with Crippen LogP contribution < -0.4 is 10.0 Å². The monoisotopic (exact) mass is 409 g/mol. The van der Waals surface area contributed by atoms with E-state index in [4.69, 9.17) is 0 Å². The Morgan fingerprint density at radius 3 is 2.44 bits per heavy atom. The van der Waals surface area contributed by atoms with E-state index in [1.165, 1.54) is 29.8 Å². The number of esters is 1. The zero-order chi connectivity index (χ0) is 19.6. The predicted octanol–water partition coefficient (Wildman–Crippen LogP) is 1.40. The van der Waals surface area contributed by atoms with Crippen molar-refractivity contribution in [2.75, 3.05) is 12.4 Å². The molecule has 0 saturated heterocycles. The van der Waals surface area contributed by atoms with Gasteiger partial charge in [0, 0.05) is 17.2 Å². The summed E-state index contributed by atoms with van der Waals surface area (Å²) in [5, 5.41) is 2.72. The van der Waals surface area contributed by atoms with Gasteiger partial charge in [0.1, 0.15) is 0 Å². The summed E-state index contributed by atoms with van der Waals surface area (Å²) >= 11 is 0.693. The number of thiazole rings is 1. The Kier molecular flexibility index (Phi) is 5.24. The number of anilines is 1. The van der Waals surface area contributed by atoms with Crippen LogP contribution in [0.1, 0.15) is 33.7 Å². The van der Waals surface area contributed by atoms with Crippen LogP contribution in [0.5, 0.6) is 0 Å². The number of hydrogen-bond acceptors (Lipinski definition) is 8. The van der Waals surface area contributed by atoms with Gasteiger partial charge in [-0.3, -0.25) is 9.59 Å². The molecule has 0 atom stereocenters. The third kappa shape index (κ3) is 4.31. The summed E-state index contributed by atoms with van der Waals surface area (Å²) in [6.07, 6.45) is 1.74. The lowest BCUT2D eigenvalue weighted by Gasteiger charge is -2.08. The number of rotatable bonds is 6. The Hall–Kier alpha value is -2.79.